The van der Waals surface area contributed by atoms with E-state index in [4.69, 9.17) is 10.5 Å². The minimum Gasteiger partial charge on any atom is -0.478 e. The van der Waals surface area contributed by atoms with E-state index in [1.165, 1.54) is 6.92 Å². The Morgan fingerprint density at radius 3 is 2.00 bits per heavy atom. The molecule has 0 heterocycles. The van der Waals surface area contributed by atoms with Gasteiger partial charge in [-0.05, 0) is 83.4 Å². The average Bonchev–Trinajstić information content (AvgIpc) is 3.11. The molecule has 1 unspecified atom stereocenters. The highest BCUT2D eigenvalue weighted by atomic mass is 33.1. The fourth-order valence-electron chi connectivity index (χ4n) is 6.52. The average molecular weight is 850 g/mol. The Morgan fingerprint density at radius 2 is 1.48 bits per heavy atom. The van der Waals surface area contributed by atoms with Crippen LogP contribution in [0.25, 0.3) is 0 Å². The fourth-order valence-corrected chi connectivity index (χ4v) is 9.07. The van der Waals surface area contributed by atoms with E-state index in [-0.39, 0.29) is 39.9 Å². The quantitative estimate of drug-likeness (QED) is 0.0372. The summed E-state index contributed by atoms with van der Waals surface area (Å²) in [4.78, 5) is 64.3. The number of carbonyl (C=O) groups is 5. The molecule has 0 spiro atoms. The van der Waals surface area contributed by atoms with E-state index in [1.54, 1.807) is 46.7 Å². The van der Waals surface area contributed by atoms with Gasteiger partial charge in [-0.3, -0.25) is 19.2 Å². The summed E-state index contributed by atoms with van der Waals surface area (Å²) >= 11 is 0. The monoisotopic (exact) mass is 850 g/mol. The number of amides is 4. The molecular formula is C44H75N5O7S2. The second-order valence-electron chi connectivity index (χ2n) is 18.3. The van der Waals surface area contributed by atoms with Gasteiger partial charge in [-0.15, -0.1) is 0 Å². The molecule has 0 aliphatic heterocycles. The summed E-state index contributed by atoms with van der Waals surface area (Å²) in [7, 11) is 6.84. The Kier molecular flexibility index (Phi) is 21.6. The maximum Gasteiger partial charge on any atom is 0.331 e. The number of carboxylic acids is 1. The number of likely N-dealkylation sites (N-methyl/N-ethyl adjacent to an activating group) is 2. The number of hydrogen-bond acceptors (Lipinski definition) is 9. The fraction of sp³-hybridized carbons (Fsp3) is 0.705. The van der Waals surface area contributed by atoms with Crippen LogP contribution < -0.4 is 21.7 Å². The number of ether oxygens (including phenoxy) is 1. The molecule has 0 radical (unpaired) electrons. The molecule has 0 saturated heterocycles. The number of rotatable bonds is 26. The van der Waals surface area contributed by atoms with Crippen LogP contribution in [0, 0.1) is 11.3 Å². The second-order valence-corrected chi connectivity index (χ2v) is 21.4. The van der Waals surface area contributed by atoms with Crippen LogP contribution in [-0.4, -0.2) is 95.5 Å². The number of nitrogens with one attached hydrogen (secondary N) is 3. The van der Waals surface area contributed by atoms with Crippen LogP contribution in [0.15, 0.2) is 35.9 Å². The highest BCUT2D eigenvalue weighted by molar-refractivity contribution is 8.77. The molecule has 1 aromatic carbocycles. The molecule has 12 nitrogen and oxygen atoms in total. The van der Waals surface area contributed by atoms with E-state index in [0.29, 0.717) is 31.7 Å². The summed E-state index contributed by atoms with van der Waals surface area (Å²) in [5.74, 6) is -1.24. The van der Waals surface area contributed by atoms with Gasteiger partial charge in [0.25, 0.3) is 0 Å². The third-order valence-corrected chi connectivity index (χ3v) is 13.9. The first-order valence-corrected chi connectivity index (χ1v) is 22.8. The van der Waals surface area contributed by atoms with E-state index in [2.05, 4.69) is 29.8 Å². The van der Waals surface area contributed by atoms with Crippen LogP contribution in [0.3, 0.4) is 0 Å². The Balaban J connectivity index is 2.89. The van der Waals surface area contributed by atoms with Crippen LogP contribution in [0.1, 0.15) is 133 Å². The summed E-state index contributed by atoms with van der Waals surface area (Å²) in [6.07, 6.45) is 5.70. The van der Waals surface area contributed by atoms with Gasteiger partial charge in [0.1, 0.15) is 6.04 Å². The molecule has 0 aromatic heterocycles. The first-order chi connectivity index (χ1) is 26.7. The molecule has 6 N–H and O–H groups in total. The van der Waals surface area contributed by atoms with Crippen molar-refractivity contribution in [2.24, 2.45) is 17.1 Å². The van der Waals surface area contributed by atoms with Crippen molar-refractivity contribution < 1.29 is 33.8 Å². The van der Waals surface area contributed by atoms with E-state index in [1.807, 2.05) is 86.6 Å². The van der Waals surface area contributed by atoms with Gasteiger partial charge in [-0.1, -0.05) is 107 Å². The van der Waals surface area contributed by atoms with Crippen molar-refractivity contribution in [3.8, 4) is 0 Å². The van der Waals surface area contributed by atoms with Gasteiger partial charge in [-0.25, -0.2) is 4.79 Å². The van der Waals surface area contributed by atoms with Crippen molar-refractivity contribution in [1.29, 1.82) is 0 Å². The molecular weight excluding hydrogens is 775 g/mol. The summed E-state index contributed by atoms with van der Waals surface area (Å²) in [6, 6.07) is 6.11. The number of carbonyl (C=O) groups excluding carboxylic acids is 4. The van der Waals surface area contributed by atoms with Crippen LogP contribution in [0.5, 0.6) is 0 Å². The van der Waals surface area contributed by atoms with Crippen LogP contribution in [0.4, 0.5) is 0 Å². The summed E-state index contributed by atoms with van der Waals surface area (Å²) < 4.78 is 6.38. The molecule has 58 heavy (non-hydrogen) atoms. The molecule has 14 heteroatoms. The zero-order valence-electron chi connectivity index (χ0n) is 37.8. The van der Waals surface area contributed by atoms with Crippen molar-refractivity contribution >= 4 is 51.2 Å². The molecule has 3 atom stereocenters. The van der Waals surface area contributed by atoms with E-state index < -0.39 is 40.5 Å². The van der Waals surface area contributed by atoms with Crippen LogP contribution in [0.2, 0.25) is 0 Å². The Labute approximate surface area is 357 Å². The van der Waals surface area contributed by atoms with Crippen molar-refractivity contribution in [3.05, 3.63) is 47.0 Å². The first-order valence-electron chi connectivity index (χ1n) is 20.4. The Hall–Kier alpha value is -3.07. The van der Waals surface area contributed by atoms with Crippen molar-refractivity contribution in [2.45, 2.75) is 155 Å². The molecule has 0 aliphatic carbocycles. The lowest BCUT2D eigenvalue weighted by Crippen LogP contribution is -2.61. The van der Waals surface area contributed by atoms with Gasteiger partial charge in [0.2, 0.25) is 23.6 Å². The van der Waals surface area contributed by atoms with Crippen molar-refractivity contribution in [1.82, 2.24) is 20.9 Å². The predicted octanol–water partition coefficient (Wildman–Crippen LogP) is 6.95. The van der Waals surface area contributed by atoms with Crippen molar-refractivity contribution in [3.63, 3.8) is 0 Å². The van der Waals surface area contributed by atoms with E-state index in [0.717, 1.165) is 36.8 Å². The number of aliphatic carboxylic acids is 1. The summed E-state index contributed by atoms with van der Waals surface area (Å²) in [5, 5.41) is 18.7. The number of nitrogens with two attached hydrogens (primary N) is 1. The molecule has 330 valence electrons. The molecule has 1 rings (SSSR count). The smallest absolute Gasteiger partial charge is 0.331 e. The highest BCUT2D eigenvalue weighted by Gasteiger charge is 2.42. The standard InChI is InChI=1S/C44H75N5O7S2/c1-29(2)33(28-30(3)40(54)55)49(14)39(53)37(41(4,5)6)48-38(52)36(46-13)43(9,10)31-19-21-32(22-20-31)44(11,12)56-26-24-42(7,8)58-57-27-23-35(51)47-25-17-15-16-18-34(45)50/h19-22,28-29,33,36-37,46H,15-18,23-27H2,1-14H3,(H2,45,50)(H,47,51)(H,48,52)(H,54,55)/b30-28+/t33-,36-,37?/m1/s1. The third kappa shape index (κ3) is 17.6. The lowest BCUT2D eigenvalue weighted by molar-refractivity contribution is -0.141. The van der Waals surface area contributed by atoms with Gasteiger partial charge in [0, 0.05) is 54.5 Å². The highest BCUT2D eigenvalue weighted by Crippen LogP contribution is 2.39. The lowest BCUT2D eigenvalue weighted by atomic mass is 9.76. The zero-order valence-corrected chi connectivity index (χ0v) is 39.4. The maximum atomic E-state index is 14.1. The molecule has 0 fully saturated rings. The second kappa shape index (κ2) is 23.6. The normalized spacial score (nSPS) is 14.4. The number of unbranched alkanes of at least 4 members (excludes halogenated alkanes) is 2. The number of nitrogens with zero attached hydrogens (tertiary/aromatic N) is 1. The number of hydrogen-bond donors (Lipinski definition) is 5. The Morgan fingerprint density at radius 1 is 0.897 bits per heavy atom. The van der Waals surface area contributed by atoms with Gasteiger partial charge < -0.3 is 36.4 Å². The first kappa shape index (κ1) is 52.9. The lowest BCUT2D eigenvalue weighted by Gasteiger charge is -2.40. The molecule has 0 bridgehead atoms. The predicted molar refractivity (Wildman–Crippen MR) is 240 cm³/mol. The zero-order chi connectivity index (χ0) is 44.6. The van der Waals surface area contributed by atoms with E-state index >= 15 is 0 Å². The molecule has 0 saturated carbocycles. The van der Waals surface area contributed by atoms with E-state index in [9.17, 15) is 29.1 Å². The Bertz CT molecular complexity index is 1540. The largest absolute Gasteiger partial charge is 0.478 e. The maximum absolute atomic E-state index is 14.1. The third-order valence-electron chi connectivity index (χ3n) is 10.5. The SMILES string of the molecule is CN[C@H](C(=O)NC(C(=O)N(C)[C@H](/C=C(\C)C(=O)O)C(C)C)C(C)(C)C)C(C)(C)c1ccc(C(C)(C)OCCC(C)(C)SSCCC(=O)NCCCCCC(N)=O)cc1. The molecule has 0 aliphatic rings. The summed E-state index contributed by atoms with van der Waals surface area (Å²) in [6.45, 7) is 24.7. The minimum atomic E-state index is -1.04. The number of carboxylic acid groups (broad SMARTS) is 1. The van der Waals surface area contributed by atoms with Crippen LogP contribution in [-0.2, 0) is 39.7 Å². The van der Waals surface area contributed by atoms with Crippen LogP contribution >= 0.6 is 21.6 Å². The number of benzene rings is 1. The van der Waals surface area contributed by atoms with Gasteiger partial charge in [0.15, 0.2) is 0 Å². The van der Waals surface area contributed by atoms with Gasteiger partial charge in [0.05, 0.1) is 17.7 Å². The number of primary amides is 1. The molecule has 4 amide bonds. The molecule has 1 aromatic rings. The topological polar surface area (TPSA) is 180 Å². The van der Waals surface area contributed by atoms with Gasteiger partial charge >= 0.3 is 5.97 Å². The van der Waals surface area contributed by atoms with Gasteiger partial charge in [-0.2, -0.15) is 0 Å². The van der Waals surface area contributed by atoms with Crippen molar-refractivity contribution in [2.75, 3.05) is 33.0 Å². The summed E-state index contributed by atoms with van der Waals surface area (Å²) in [5.41, 5.74) is 5.39. The minimum absolute atomic E-state index is 0.0370.